The van der Waals surface area contributed by atoms with Gasteiger partial charge in [-0.15, -0.1) is 17.0 Å². The van der Waals surface area contributed by atoms with Gasteiger partial charge in [0.2, 0.25) is 0 Å². The Morgan fingerprint density at radius 1 is 1.67 bits per heavy atom. The number of ether oxygens (including phenoxy) is 1. The molecule has 0 heterocycles. The molecule has 9 heavy (non-hydrogen) atoms. The lowest BCUT2D eigenvalue weighted by Gasteiger charge is -2.06. The van der Waals surface area contributed by atoms with Crippen molar-refractivity contribution in [2.75, 3.05) is 0 Å². The summed E-state index contributed by atoms with van der Waals surface area (Å²) in [5, 5.41) is 0. The molecule has 0 amide bonds. The van der Waals surface area contributed by atoms with Crippen LogP contribution in [0.1, 0.15) is 27.2 Å². The van der Waals surface area contributed by atoms with Crippen molar-refractivity contribution in [2.24, 2.45) is 0 Å². The Kier molecular flexibility index (Phi) is 7.91. The van der Waals surface area contributed by atoms with E-state index < -0.39 is 0 Å². The highest BCUT2D eigenvalue weighted by molar-refractivity contribution is 8.93. The molecule has 3 heteroatoms. The van der Waals surface area contributed by atoms with Crippen LogP contribution in [0, 0.1) is 0 Å². The molecule has 0 aromatic rings. The van der Waals surface area contributed by atoms with Crippen molar-refractivity contribution in [1.29, 1.82) is 0 Å². The van der Waals surface area contributed by atoms with Crippen molar-refractivity contribution in [3.05, 3.63) is 0 Å². The van der Waals surface area contributed by atoms with Crippen molar-refractivity contribution in [1.82, 2.24) is 0 Å². The van der Waals surface area contributed by atoms with Crippen LogP contribution in [0.4, 0.5) is 0 Å². The van der Waals surface area contributed by atoms with Gasteiger partial charge in [-0.25, -0.2) is 0 Å². The molecule has 1 unspecified atom stereocenters. The topological polar surface area (TPSA) is 26.3 Å². The van der Waals surface area contributed by atoms with E-state index in [1.165, 1.54) is 6.92 Å². The zero-order valence-corrected chi connectivity index (χ0v) is 7.72. The van der Waals surface area contributed by atoms with Gasteiger partial charge < -0.3 is 4.74 Å². The average Bonchev–Trinajstić information content (AvgIpc) is 1.65. The van der Waals surface area contributed by atoms with Gasteiger partial charge >= 0.3 is 5.97 Å². The van der Waals surface area contributed by atoms with E-state index in [1.54, 1.807) is 0 Å². The average molecular weight is 197 g/mol. The number of hydrogen-bond donors (Lipinski definition) is 0. The van der Waals surface area contributed by atoms with E-state index in [2.05, 4.69) is 0 Å². The minimum Gasteiger partial charge on any atom is -0.463 e. The molecule has 0 aromatic carbocycles. The molecule has 0 aliphatic carbocycles. The zero-order valence-electron chi connectivity index (χ0n) is 6.01. The monoisotopic (exact) mass is 196 g/mol. The fourth-order valence-electron chi connectivity index (χ4n) is 0.367. The predicted octanol–water partition coefficient (Wildman–Crippen LogP) is 1.93. The molecular weight excluding hydrogens is 184 g/mol. The molecule has 0 rings (SSSR count). The van der Waals surface area contributed by atoms with Gasteiger partial charge in [-0.1, -0.05) is 6.92 Å². The Morgan fingerprint density at radius 3 is 2.22 bits per heavy atom. The van der Waals surface area contributed by atoms with Gasteiger partial charge in [-0.2, -0.15) is 0 Å². The minimum atomic E-state index is -0.195. The van der Waals surface area contributed by atoms with E-state index in [1.807, 2.05) is 13.8 Å². The van der Waals surface area contributed by atoms with E-state index in [0.717, 1.165) is 6.42 Å². The summed E-state index contributed by atoms with van der Waals surface area (Å²) in [5.74, 6) is -0.195. The Balaban J connectivity index is 0. The Morgan fingerprint density at radius 2 is 2.11 bits per heavy atom. The molecule has 0 saturated carbocycles. The van der Waals surface area contributed by atoms with Crippen molar-refractivity contribution in [3.8, 4) is 0 Å². The summed E-state index contributed by atoms with van der Waals surface area (Å²) < 4.78 is 4.76. The van der Waals surface area contributed by atoms with E-state index in [4.69, 9.17) is 4.74 Å². The number of hydrogen-bond acceptors (Lipinski definition) is 2. The highest BCUT2D eigenvalue weighted by Crippen LogP contribution is 1.94. The third-order valence-electron chi connectivity index (χ3n) is 0.942. The fourth-order valence-corrected chi connectivity index (χ4v) is 0.367. The third kappa shape index (κ3) is 7.95. The summed E-state index contributed by atoms with van der Waals surface area (Å²) in [6.45, 7) is 5.28. The lowest BCUT2D eigenvalue weighted by Crippen LogP contribution is -2.09. The maximum atomic E-state index is 10.2. The smallest absolute Gasteiger partial charge is 0.302 e. The second kappa shape index (κ2) is 6.08. The molecule has 56 valence electrons. The van der Waals surface area contributed by atoms with E-state index >= 15 is 0 Å². The summed E-state index contributed by atoms with van der Waals surface area (Å²) in [5.41, 5.74) is 0. The van der Waals surface area contributed by atoms with E-state index in [-0.39, 0.29) is 29.1 Å². The predicted molar refractivity (Wildman–Crippen MR) is 41.8 cm³/mol. The molecular formula is C6H13BrO2. The quantitative estimate of drug-likeness (QED) is 0.632. The maximum Gasteiger partial charge on any atom is 0.302 e. The Bertz CT molecular complexity index is 83.1. The highest BCUT2D eigenvalue weighted by atomic mass is 79.9. The van der Waals surface area contributed by atoms with Crippen LogP contribution in [0.25, 0.3) is 0 Å². The van der Waals surface area contributed by atoms with Gasteiger partial charge in [0.15, 0.2) is 0 Å². The second-order valence-corrected chi connectivity index (χ2v) is 1.83. The van der Waals surface area contributed by atoms with Gasteiger partial charge in [0.25, 0.3) is 0 Å². The molecule has 0 aromatic heterocycles. The van der Waals surface area contributed by atoms with Crippen LogP contribution in [-0.2, 0) is 9.53 Å². The van der Waals surface area contributed by atoms with Gasteiger partial charge in [0, 0.05) is 6.92 Å². The molecule has 0 radical (unpaired) electrons. The van der Waals surface area contributed by atoms with Crippen molar-refractivity contribution in [2.45, 2.75) is 33.3 Å². The van der Waals surface area contributed by atoms with Crippen LogP contribution in [0.3, 0.4) is 0 Å². The number of esters is 1. The molecule has 1 atom stereocenters. The lowest BCUT2D eigenvalue weighted by atomic mass is 10.3. The van der Waals surface area contributed by atoms with Crippen LogP contribution < -0.4 is 0 Å². The molecule has 0 N–H and O–H groups in total. The number of carbonyl (C=O) groups is 1. The molecule has 0 bridgehead atoms. The summed E-state index contributed by atoms with van der Waals surface area (Å²) in [4.78, 5) is 10.2. The van der Waals surface area contributed by atoms with Crippen LogP contribution in [0.15, 0.2) is 0 Å². The zero-order chi connectivity index (χ0) is 6.57. The first-order chi connectivity index (χ1) is 3.66. The summed E-state index contributed by atoms with van der Waals surface area (Å²) in [7, 11) is 0. The van der Waals surface area contributed by atoms with Crippen molar-refractivity contribution in [3.63, 3.8) is 0 Å². The van der Waals surface area contributed by atoms with Gasteiger partial charge in [-0.3, -0.25) is 4.79 Å². The second-order valence-electron chi connectivity index (χ2n) is 1.83. The van der Waals surface area contributed by atoms with Crippen molar-refractivity contribution < 1.29 is 9.53 Å². The standard InChI is InChI=1S/C6H12O2.BrH/c1-4-5(2)8-6(3)7;/h5H,4H2,1-3H3;1H. The first-order valence-electron chi connectivity index (χ1n) is 2.84. The van der Waals surface area contributed by atoms with Crippen LogP contribution in [-0.4, -0.2) is 12.1 Å². The number of carbonyl (C=O) groups excluding carboxylic acids is 1. The highest BCUT2D eigenvalue weighted by Gasteiger charge is 1.99. The van der Waals surface area contributed by atoms with E-state index in [0.29, 0.717) is 0 Å². The van der Waals surface area contributed by atoms with Crippen LogP contribution in [0.2, 0.25) is 0 Å². The Labute approximate surface area is 66.4 Å². The summed E-state index contributed by atoms with van der Waals surface area (Å²) in [6.07, 6.45) is 0.965. The Hall–Kier alpha value is -0.0500. The minimum absolute atomic E-state index is 0. The van der Waals surface area contributed by atoms with Crippen LogP contribution >= 0.6 is 17.0 Å². The summed E-state index contributed by atoms with van der Waals surface area (Å²) >= 11 is 0. The van der Waals surface area contributed by atoms with Gasteiger partial charge in [-0.05, 0) is 13.3 Å². The van der Waals surface area contributed by atoms with Gasteiger partial charge in [0.1, 0.15) is 0 Å². The molecule has 0 aliphatic heterocycles. The SMILES string of the molecule is Br.CCC(C)OC(C)=O. The molecule has 0 spiro atoms. The largest absolute Gasteiger partial charge is 0.463 e. The first-order valence-corrected chi connectivity index (χ1v) is 2.84. The van der Waals surface area contributed by atoms with E-state index in [9.17, 15) is 4.79 Å². The van der Waals surface area contributed by atoms with Gasteiger partial charge in [0.05, 0.1) is 6.10 Å². The molecule has 0 fully saturated rings. The van der Waals surface area contributed by atoms with Crippen molar-refractivity contribution >= 4 is 23.0 Å². The number of rotatable bonds is 2. The normalized spacial score (nSPS) is 11.4. The number of halogens is 1. The molecule has 2 nitrogen and oxygen atoms in total. The molecule has 0 saturated heterocycles. The summed E-state index contributed by atoms with van der Waals surface area (Å²) in [6, 6.07) is 0. The third-order valence-corrected chi connectivity index (χ3v) is 0.942. The molecule has 0 aliphatic rings. The van der Waals surface area contributed by atoms with Crippen LogP contribution in [0.5, 0.6) is 0 Å². The lowest BCUT2D eigenvalue weighted by molar-refractivity contribution is -0.145. The maximum absolute atomic E-state index is 10.2. The fraction of sp³-hybridized carbons (Fsp3) is 0.833. The first kappa shape index (κ1) is 11.7.